The molecule has 4 saturated carbocycles. The molecule has 0 aliphatic heterocycles. The van der Waals surface area contributed by atoms with Gasteiger partial charge in [0.15, 0.2) is 0 Å². The minimum atomic E-state index is 0.392. The van der Waals surface area contributed by atoms with Crippen molar-refractivity contribution in [2.75, 3.05) is 6.61 Å². The Balaban J connectivity index is 1.55. The summed E-state index contributed by atoms with van der Waals surface area (Å²) < 4.78 is 0. The highest BCUT2D eigenvalue weighted by molar-refractivity contribution is 5.08. The lowest BCUT2D eigenvalue weighted by Gasteiger charge is -2.60. The van der Waals surface area contributed by atoms with E-state index >= 15 is 0 Å². The van der Waals surface area contributed by atoms with Gasteiger partial charge in [0.25, 0.3) is 0 Å². The van der Waals surface area contributed by atoms with E-state index in [0.717, 1.165) is 36.0 Å². The van der Waals surface area contributed by atoms with Crippen molar-refractivity contribution in [3.8, 4) is 0 Å². The maximum atomic E-state index is 9.26. The van der Waals surface area contributed by atoms with Crippen molar-refractivity contribution in [1.82, 2.24) is 0 Å². The van der Waals surface area contributed by atoms with Gasteiger partial charge < -0.3 is 5.11 Å². The summed E-state index contributed by atoms with van der Waals surface area (Å²) in [5.74, 6) is 5.03. The van der Waals surface area contributed by atoms with Crippen molar-refractivity contribution in [2.24, 2.45) is 40.4 Å². The number of aliphatic hydroxyl groups is 1. The third-order valence-corrected chi connectivity index (χ3v) is 9.49. The first-order chi connectivity index (χ1) is 11.1. The molecular weight excluding hydrogens is 280 g/mol. The molecule has 0 bridgehead atoms. The predicted octanol–water partition coefficient (Wildman–Crippen LogP) is 5.81. The SMILES string of the molecule is C[C@]12CCCC[C@@H]1CC[C@@H]1[C@@H]2CC[C@]2(C)[C@@H](CCCO)CC[C@@H]12. The lowest BCUT2D eigenvalue weighted by molar-refractivity contribution is -0.111. The first-order valence-electron chi connectivity index (χ1n) is 10.7. The maximum Gasteiger partial charge on any atom is 0.0431 e. The Morgan fingerprint density at radius 2 is 1.65 bits per heavy atom. The van der Waals surface area contributed by atoms with Gasteiger partial charge in [0, 0.05) is 6.61 Å². The molecule has 1 heteroatoms. The van der Waals surface area contributed by atoms with E-state index < -0.39 is 0 Å². The molecule has 0 aromatic rings. The zero-order chi connectivity index (χ0) is 16.1. The molecule has 0 unspecified atom stereocenters. The lowest BCUT2D eigenvalue weighted by Crippen LogP contribution is -2.52. The Labute approximate surface area is 143 Å². The topological polar surface area (TPSA) is 20.2 Å². The second kappa shape index (κ2) is 6.04. The molecule has 1 nitrogen and oxygen atoms in total. The predicted molar refractivity (Wildman–Crippen MR) is 96.2 cm³/mol. The molecule has 7 atom stereocenters. The highest BCUT2D eigenvalue weighted by atomic mass is 16.2. The first kappa shape index (κ1) is 16.4. The third-order valence-electron chi connectivity index (χ3n) is 9.49. The normalized spacial score (nSPS) is 52.6. The van der Waals surface area contributed by atoms with Crippen LogP contribution < -0.4 is 0 Å². The van der Waals surface area contributed by atoms with E-state index in [9.17, 15) is 5.11 Å². The standard InChI is InChI=1S/C22H38O/c1-21-13-4-3-6-16(21)8-10-18-19-11-9-17(7-5-15-23)22(19,2)14-12-20(18)21/h16-20,23H,3-15H2,1-2H3/t16-,17+,18+,19+,20+,21+,22-/m1/s1. The number of rotatable bonds is 3. The second-order valence-corrected chi connectivity index (χ2v) is 10.1. The molecule has 23 heavy (non-hydrogen) atoms. The molecule has 1 N–H and O–H groups in total. The van der Waals surface area contributed by atoms with Gasteiger partial charge in [-0.15, -0.1) is 0 Å². The number of fused-ring (bicyclic) bond motifs is 5. The zero-order valence-corrected chi connectivity index (χ0v) is 15.5. The van der Waals surface area contributed by atoms with Crippen LogP contribution in [0.4, 0.5) is 0 Å². The van der Waals surface area contributed by atoms with E-state index in [0.29, 0.717) is 17.4 Å². The Morgan fingerprint density at radius 1 is 0.826 bits per heavy atom. The van der Waals surface area contributed by atoms with Gasteiger partial charge in [-0.3, -0.25) is 0 Å². The van der Waals surface area contributed by atoms with Crippen molar-refractivity contribution in [2.45, 2.75) is 90.9 Å². The van der Waals surface area contributed by atoms with Gasteiger partial charge in [-0.1, -0.05) is 26.7 Å². The minimum absolute atomic E-state index is 0.392. The van der Waals surface area contributed by atoms with Gasteiger partial charge >= 0.3 is 0 Å². The zero-order valence-electron chi connectivity index (χ0n) is 15.5. The summed E-state index contributed by atoms with van der Waals surface area (Å²) in [5.41, 5.74) is 1.29. The Bertz CT molecular complexity index is 432. The van der Waals surface area contributed by atoms with E-state index in [4.69, 9.17) is 0 Å². The molecule has 0 radical (unpaired) electrons. The molecule has 0 saturated heterocycles. The summed E-state index contributed by atoms with van der Waals surface area (Å²) in [7, 11) is 0. The molecule has 4 rings (SSSR count). The van der Waals surface area contributed by atoms with Gasteiger partial charge in [-0.2, -0.15) is 0 Å². The number of aliphatic hydroxyl groups excluding tert-OH is 1. The summed E-state index contributed by atoms with van der Waals surface area (Å²) >= 11 is 0. The van der Waals surface area contributed by atoms with Crippen LogP contribution in [0, 0.1) is 40.4 Å². The molecule has 4 fully saturated rings. The van der Waals surface area contributed by atoms with Gasteiger partial charge in [0.2, 0.25) is 0 Å². The first-order valence-corrected chi connectivity index (χ1v) is 10.7. The van der Waals surface area contributed by atoms with E-state index in [2.05, 4.69) is 13.8 Å². The van der Waals surface area contributed by atoms with Crippen molar-refractivity contribution < 1.29 is 5.11 Å². The van der Waals surface area contributed by atoms with Crippen LogP contribution in [-0.4, -0.2) is 11.7 Å². The van der Waals surface area contributed by atoms with E-state index in [1.54, 1.807) is 0 Å². The average Bonchev–Trinajstić information content (AvgIpc) is 2.89. The summed E-state index contributed by atoms with van der Waals surface area (Å²) in [4.78, 5) is 0. The smallest absolute Gasteiger partial charge is 0.0431 e. The van der Waals surface area contributed by atoms with Gasteiger partial charge in [0.1, 0.15) is 0 Å². The van der Waals surface area contributed by atoms with Gasteiger partial charge in [-0.25, -0.2) is 0 Å². The highest BCUT2D eigenvalue weighted by Gasteiger charge is 2.59. The number of hydrogen-bond donors (Lipinski definition) is 1. The average molecular weight is 319 g/mol. The quantitative estimate of drug-likeness (QED) is 0.696. The minimum Gasteiger partial charge on any atom is -0.396 e. The highest BCUT2D eigenvalue weighted by Crippen LogP contribution is 2.67. The van der Waals surface area contributed by atoms with Gasteiger partial charge in [0.05, 0.1) is 0 Å². The maximum absolute atomic E-state index is 9.26. The van der Waals surface area contributed by atoms with Crippen LogP contribution in [0.25, 0.3) is 0 Å². The van der Waals surface area contributed by atoms with Crippen LogP contribution in [0.3, 0.4) is 0 Å². The summed E-state index contributed by atoms with van der Waals surface area (Å²) in [5, 5.41) is 9.26. The van der Waals surface area contributed by atoms with Crippen LogP contribution in [0.2, 0.25) is 0 Å². The van der Waals surface area contributed by atoms with Crippen molar-refractivity contribution >= 4 is 0 Å². The third kappa shape index (κ3) is 2.43. The van der Waals surface area contributed by atoms with Gasteiger partial charge in [-0.05, 0) is 105 Å². The lowest BCUT2D eigenvalue weighted by atomic mass is 9.45. The fraction of sp³-hybridized carbons (Fsp3) is 1.00. The van der Waals surface area contributed by atoms with Crippen LogP contribution in [0.1, 0.15) is 90.9 Å². The fourth-order valence-electron chi connectivity index (χ4n) is 8.22. The molecule has 0 aromatic carbocycles. The van der Waals surface area contributed by atoms with E-state index in [-0.39, 0.29) is 0 Å². The molecule has 0 aromatic heterocycles. The molecular formula is C22H38O. The Morgan fingerprint density at radius 3 is 2.48 bits per heavy atom. The molecule has 0 amide bonds. The summed E-state index contributed by atoms with van der Waals surface area (Å²) in [6, 6.07) is 0. The van der Waals surface area contributed by atoms with Crippen LogP contribution in [0.15, 0.2) is 0 Å². The monoisotopic (exact) mass is 318 g/mol. The molecule has 4 aliphatic carbocycles. The van der Waals surface area contributed by atoms with E-state index in [1.165, 1.54) is 70.6 Å². The summed E-state index contributed by atoms with van der Waals surface area (Å²) in [6.07, 6.45) is 17.4. The van der Waals surface area contributed by atoms with Crippen LogP contribution in [0.5, 0.6) is 0 Å². The number of hydrogen-bond acceptors (Lipinski definition) is 1. The molecule has 0 spiro atoms. The van der Waals surface area contributed by atoms with Crippen molar-refractivity contribution in [3.63, 3.8) is 0 Å². The fourth-order valence-corrected chi connectivity index (χ4v) is 8.22. The Kier molecular flexibility index (Phi) is 4.32. The Hall–Kier alpha value is -0.0400. The molecule has 132 valence electrons. The van der Waals surface area contributed by atoms with Crippen molar-refractivity contribution in [3.05, 3.63) is 0 Å². The van der Waals surface area contributed by atoms with Crippen LogP contribution in [-0.2, 0) is 0 Å². The van der Waals surface area contributed by atoms with Crippen LogP contribution >= 0.6 is 0 Å². The second-order valence-electron chi connectivity index (χ2n) is 10.1. The largest absolute Gasteiger partial charge is 0.396 e. The summed E-state index contributed by atoms with van der Waals surface area (Å²) in [6.45, 7) is 5.72. The molecule has 0 heterocycles. The van der Waals surface area contributed by atoms with E-state index in [1.807, 2.05) is 0 Å². The van der Waals surface area contributed by atoms with Crippen molar-refractivity contribution in [1.29, 1.82) is 0 Å². The molecule has 4 aliphatic rings.